The SMILES string of the molecule is CC/C=C\C/C=C\C/C=C\C/C=C\C/C=C\C/C=C\CCCCCCCCCCCCCCCCCCCCC(=O)NC(COC1OC(CO)C(OC2OC(CO)C(O)C(O)C2O)C(O)C1O)C(O)CCCCCCCC. The Labute approximate surface area is 466 Å². The van der Waals surface area contributed by atoms with E-state index in [0.717, 1.165) is 103 Å². The third-order valence-corrected chi connectivity index (χ3v) is 14.7. The van der Waals surface area contributed by atoms with Gasteiger partial charge in [0.1, 0.15) is 48.8 Å². The number of unbranched alkanes of at least 4 members (excludes halogenated alkanes) is 23. The molecule has 14 heteroatoms. The van der Waals surface area contributed by atoms with Crippen LogP contribution in [0, 0.1) is 0 Å². The van der Waals surface area contributed by atoms with Gasteiger partial charge >= 0.3 is 0 Å². The van der Waals surface area contributed by atoms with E-state index in [-0.39, 0.29) is 12.5 Å². The third-order valence-electron chi connectivity index (χ3n) is 14.7. The number of rotatable bonds is 48. The second-order valence-corrected chi connectivity index (χ2v) is 21.5. The van der Waals surface area contributed by atoms with Crippen molar-refractivity contribution < 1.29 is 64.6 Å². The first-order chi connectivity index (χ1) is 37.6. The summed E-state index contributed by atoms with van der Waals surface area (Å²) in [7, 11) is 0. The second-order valence-electron chi connectivity index (χ2n) is 21.5. The van der Waals surface area contributed by atoms with E-state index < -0.39 is 86.8 Å². The first-order valence-corrected chi connectivity index (χ1v) is 30.7. The van der Waals surface area contributed by atoms with Crippen molar-refractivity contribution in [3.05, 3.63) is 72.9 Å². The number of carbonyl (C=O) groups excluding carboxylic acids is 1. The predicted molar refractivity (Wildman–Crippen MR) is 309 cm³/mol. The molecule has 2 saturated heterocycles. The lowest BCUT2D eigenvalue weighted by Gasteiger charge is -2.46. The zero-order valence-electron chi connectivity index (χ0n) is 47.9. The lowest BCUT2D eigenvalue weighted by Crippen LogP contribution is -2.65. The topological polar surface area (TPSA) is 228 Å². The normalized spacial score (nSPS) is 25.2. The summed E-state index contributed by atoms with van der Waals surface area (Å²) in [6.07, 6.45) is 47.0. The third kappa shape index (κ3) is 33.7. The molecule has 12 atom stereocenters. The molecule has 0 radical (unpaired) electrons. The summed E-state index contributed by atoms with van der Waals surface area (Å²) in [5.74, 6) is -0.213. The molecule has 9 N–H and O–H groups in total. The van der Waals surface area contributed by atoms with Crippen LogP contribution in [0.15, 0.2) is 72.9 Å². The Bertz CT molecular complexity index is 1570. The highest BCUT2D eigenvalue weighted by atomic mass is 16.7. The number of carbonyl (C=O) groups is 1. The van der Waals surface area contributed by atoms with Crippen LogP contribution in [0.5, 0.6) is 0 Å². The number of aliphatic hydroxyl groups excluding tert-OH is 8. The van der Waals surface area contributed by atoms with Crippen LogP contribution in [-0.4, -0.2) is 140 Å². The van der Waals surface area contributed by atoms with Gasteiger partial charge in [0, 0.05) is 6.42 Å². The minimum atomic E-state index is -1.78. The molecule has 0 aromatic heterocycles. The van der Waals surface area contributed by atoms with Crippen molar-refractivity contribution in [3.8, 4) is 0 Å². The van der Waals surface area contributed by atoms with Gasteiger partial charge in [0.15, 0.2) is 12.6 Å². The maximum absolute atomic E-state index is 13.2. The van der Waals surface area contributed by atoms with E-state index in [9.17, 15) is 45.6 Å². The van der Waals surface area contributed by atoms with Crippen molar-refractivity contribution in [2.24, 2.45) is 0 Å². The minimum Gasteiger partial charge on any atom is -0.394 e. The maximum Gasteiger partial charge on any atom is 0.220 e. The molecule has 2 aliphatic heterocycles. The molecule has 2 fully saturated rings. The first-order valence-electron chi connectivity index (χ1n) is 30.7. The lowest BCUT2D eigenvalue weighted by molar-refractivity contribution is -0.359. The van der Waals surface area contributed by atoms with E-state index in [1.54, 1.807) is 0 Å². The standard InChI is InChI=1S/C63H111NO13/c1-3-5-7-9-11-12-13-14-15-16-17-18-19-20-21-22-23-24-25-26-27-28-29-30-31-32-33-34-35-36-37-38-39-40-41-43-45-47-55(68)64-51(52(67)46-44-42-10-8-6-4-2)50-74-62-60(73)58(71)61(54(49-66)76-62)77-63-59(72)57(70)56(69)53(48-65)75-63/h5,7,11-12,14-15,17-18,20-21,23-24,51-54,56-63,65-67,69-73H,3-4,6,8-10,13,16,19,22,25-50H2,1-2H3,(H,64,68)/b7-5-,12-11-,15-14-,18-17-,21-20-,24-23-. The van der Waals surface area contributed by atoms with Gasteiger partial charge in [0.05, 0.1) is 32.0 Å². The number of hydrogen-bond acceptors (Lipinski definition) is 13. The van der Waals surface area contributed by atoms with Crippen LogP contribution in [0.2, 0.25) is 0 Å². The van der Waals surface area contributed by atoms with Gasteiger partial charge in [0.2, 0.25) is 5.91 Å². The molecule has 0 aromatic carbocycles. The Morgan fingerprint density at radius 2 is 0.896 bits per heavy atom. The van der Waals surface area contributed by atoms with Crippen molar-refractivity contribution in [2.75, 3.05) is 19.8 Å². The Balaban J connectivity index is 1.52. The molecule has 2 heterocycles. The Morgan fingerprint density at radius 1 is 0.481 bits per heavy atom. The van der Waals surface area contributed by atoms with Gasteiger partial charge < -0.3 is 65.1 Å². The monoisotopic (exact) mass is 1090 g/mol. The molecule has 1 amide bonds. The van der Waals surface area contributed by atoms with Crippen LogP contribution in [0.1, 0.15) is 226 Å². The largest absolute Gasteiger partial charge is 0.394 e. The fourth-order valence-electron chi connectivity index (χ4n) is 9.77. The summed E-state index contributed by atoms with van der Waals surface area (Å²) in [6.45, 7) is 2.66. The van der Waals surface area contributed by atoms with E-state index in [0.29, 0.717) is 12.8 Å². The van der Waals surface area contributed by atoms with Gasteiger partial charge in [-0.1, -0.05) is 228 Å². The average molecular weight is 1090 g/mol. The molecule has 0 spiro atoms. The first kappa shape index (κ1) is 70.5. The van der Waals surface area contributed by atoms with Crippen LogP contribution in [-0.2, 0) is 23.7 Å². The van der Waals surface area contributed by atoms with Crippen molar-refractivity contribution in [1.29, 1.82) is 0 Å². The molecule has 0 aliphatic carbocycles. The summed E-state index contributed by atoms with van der Waals surface area (Å²) in [5, 5.41) is 86.7. The van der Waals surface area contributed by atoms with Gasteiger partial charge in [-0.25, -0.2) is 0 Å². The van der Waals surface area contributed by atoms with Crippen molar-refractivity contribution in [3.63, 3.8) is 0 Å². The summed E-state index contributed by atoms with van der Waals surface area (Å²) < 4.78 is 22.7. The summed E-state index contributed by atoms with van der Waals surface area (Å²) in [5.41, 5.74) is 0. The quantitative estimate of drug-likeness (QED) is 0.0204. The maximum atomic E-state index is 13.2. The summed E-state index contributed by atoms with van der Waals surface area (Å²) in [6, 6.07) is -0.826. The Morgan fingerprint density at radius 3 is 1.38 bits per heavy atom. The summed E-state index contributed by atoms with van der Waals surface area (Å²) in [4.78, 5) is 13.2. The molecule has 2 rings (SSSR count). The molecule has 446 valence electrons. The van der Waals surface area contributed by atoms with E-state index in [1.807, 2.05) is 0 Å². The molecule has 12 unspecified atom stereocenters. The van der Waals surface area contributed by atoms with Crippen LogP contribution in [0.25, 0.3) is 0 Å². The minimum absolute atomic E-state index is 0.213. The van der Waals surface area contributed by atoms with E-state index in [4.69, 9.17) is 18.9 Å². The number of ether oxygens (including phenoxy) is 4. The molecule has 0 saturated carbocycles. The van der Waals surface area contributed by atoms with Gasteiger partial charge in [-0.15, -0.1) is 0 Å². The number of allylic oxidation sites excluding steroid dienone is 12. The Hall–Kier alpha value is -2.57. The average Bonchev–Trinajstić information content (AvgIpc) is 3.43. The summed E-state index contributed by atoms with van der Waals surface area (Å²) >= 11 is 0. The molecule has 0 bridgehead atoms. The van der Waals surface area contributed by atoms with Crippen LogP contribution < -0.4 is 5.32 Å². The van der Waals surface area contributed by atoms with Gasteiger partial charge in [-0.2, -0.15) is 0 Å². The zero-order chi connectivity index (χ0) is 56.0. The highest BCUT2D eigenvalue weighted by Gasteiger charge is 2.51. The molecular formula is C63H111NO13. The molecule has 77 heavy (non-hydrogen) atoms. The number of aliphatic hydroxyl groups is 8. The van der Waals surface area contributed by atoms with Crippen molar-refractivity contribution >= 4 is 5.91 Å². The highest BCUT2D eigenvalue weighted by molar-refractivity contribution is 5.76. The smallest absolute Gasteiger partial charge is 0.220 e. The number of amides is 1. The fourth-order valence-corrected chi connectivity index (χ4v) is 9.77. The molecule has 2 aliphatic rings. The zero-order valence-corrected chi connectivity index (χ0v) is 47.9. The molecule has 0 aromatic rings. The Kier molecular flexibility index (Phi) is 44.1. The highest BCUT2D eigenvalue weighted by Crippen LogP contribution is 2.30. The van der Waals surface area contributed by atoms with Gasteiger partial charge in [0.25, 0.3) is 0 Å². The molecular weight excluding hydrogens is 979 g/mol. The fraction of sp³-hybridized carbons (Fsp3) is 0.794. The second kappa shape index (κ2) is 48.2. The van der Waals surface area contributed by atoms with Gasteiger partial charge in [-0.05, 0) is 64.2 Å². The van der Waals surface area contributed by atoms with Crippen LogP contribution >= 0.6 is 0 Å². The van der Waals surface area contributed by atoms with E-state index >= 15 is 0 Å². The number of hydrogen-bond donors (Lipinski definition) is 9. The molecule has 14 nitrogen and oxygen atoms in total. The van der Waals surface area contributed by atoms with E-state index in [1.165, 1.54) is 96.3 Å². The van der Waals surface area contributed by atoms with Crippen molar-refractivity contribution in [1.82, 2.24) is 5.32 Å². The van der Waals surface area contributed by atoms with E-state index in [2.05, 4.69) is 92.1 Å². The van der Waals surface area contributed by atoms with Crippen LogP contribution in [0.4, 0.5) is 0 Å². The predicted octanol–water partition coefficient (Wildman–Crippen LogP) is 10.7. The van der Waals surface area contributed by atoms with Crippen molar-refractivity contribution in [2.45, 2.75) is 299 Å². The van der Waals surface area contributed by atoms with Crippen LogP contribution in [0.3, 0.4) is 0 Å². The number of nitrogens with one attached hydrogen (secondary N) is 1. The lowest BCUT2D eigenvalue weighted by atomic mass is 9.97. The van der Waals surface area contributed by atoms with Gasteiger partial charge in [-0.3, -0.25) is 4.79 Å².